The molecule has 1 aromatic heterocycles. The molecule has 16 heavy (non-hydrogen) atoms. The van der Waals surface area contributed by atoms with E-state index in [4.69, 9.17) is 0 Å². The van der Waals surface area contributed by atoms with E-state index in [0.29, 0.717) is 19.0 Å². The number of rotatable bonds is 5. The summed E-state index contributed by atoms with van der Waals surface area (Å²) in [5, 5.41) is 9.73. The van der Waals surface area contributed by atoms with Gasteiger partial charge in [0.15, 0.2) is 0 Å². The summed E-state index contributed by atoms with van der Waals surface area (Å²) in [6, 6.07) is 1.95. The summed E-state index contributed by atoms with van der Waals surface area (Å²) in [7, 11) is 0. The van der Waals surface area contributed by atoms with Crippen LogP contribution in [0, 0.1) is 0 Å². The van der Waals surface area contributed by atoms with E-state index in [2.05, 4.69) is 35.6 Å². The second-order valence-corrected chi connectivity index (χ2v) is 4.76. The zero-order valence-corrected chi connectivity index (χ0v) is 10.6. The molecular weight excluding hydrogens is 220 g/mol. The minimum atomic E-state index is -0.134. The maximum Gasteiger partial charge on any atom is 0.315 e. The highest BCUT2D eigenvalue weighted by molar-refractivity contribution is 7.07. The Balaban J connectivity index is 2.24. The fourth-order valence-corrected chi connectivity index (χ4v) is 1.99. The smallest absolute Gasteiger partial charge is 0.315 e. The molecule has 1 unspecified atom stereocenters. The maximum atomic E-state index is 11.4. The van der Waals surface area contributed by atoms with Crippen LogP contribution in [0.5, 0.6) is 0 Å². The van der Waals surface area contributed by atoms with E-state index in [0.717, 1.165) is 5.57 Å². The van der Waals surface area contributed by atoms with Crippen LogP contribution in [0.2, 0.25) is 0 Å². The molecule has 0 aromatic carbocycles. The second kappa shape index (κ2) is 6.33. The second-order valence-electron chi connectivity index (χ2n) is 3.98. The molecule has 0 aliphatic rings. The molecule has 2 N–H and O–H groups in total. The van der Waals surface area contributed by atoms with Gasteiger partial charge in [0, 0.05) is 13.1 Å². The standard InChI is InChI=1S/C12H18N2OS/c1-9(2)6-13-12(15)14-7-10(3)11-4-5-16-8-11/h4-5,8,10H,1,6-7H2,2-3H3,(H2,13,14,15). The van der Waals surface area contributed by atoms with E-state index in [1.807, 2.05) is 12.3 Å². The molecule has 1 aromatic rings. The SMILES string of the molecule is C=C(C)CNC(=O)NCC(C)c1ccsc1. The number of nitrogens with one attached hydrogen (secondary N) is 2. The van der Waals surface area contributed by atoms with Gasteiger partial charge in [0.05, 0.1) is 0 Å². The molecule has 0 radical (unpaired) electrons. The molecule has 1 atom stereocenters. The molecule has 0 fully saturated rings. The largest absolute Gasteiger partial charge is 0.338 e. The third-order valence-corrected chi connectivity index (χ3v) is 2.93. The third kappa shape index (κ3) is 4.49. The molecule has 3 nitrogen and oxygen atoms in total. The first-order valence-electron chi connectivity index (χ1n) is 5.27. The molecule has 88 valence electrons. The van der Waals surface area contributed by atoms with Crippen LogP contribution in [0.25, 0.3) is 0 Å². The van der Waals surface area contributed by atoms with Gasteiger partial charge in [-0.25, -0.2) is 4.79 Å². The molecule has 0 aliphatic heterocycles. The molecule has 1 heterocycles. The highest BCUT2D eigenvalue weighted by Crippen LogP contribution is 2.16. The predicted octanol–water partition coefficient (Wildman–Crippen LogP) is 2.73. The van der Waals surface area contributed by atoms with Gasteiger partial charge in [0.25, 0.3) is 0 Å². The van der Waals surface area contributed by atoms with Gasteiger partial charge in [0.1, 0.15) is 0 Å². The quantitative estimate of drug-likeness (QED) is 0.761. The van der Waals surface area contributed by atoms with Crippen molar-refractivity contribution in [2.24, 2.45) is 0 Å². The first-order chi connectivity index (χ1) is 7.59. The number of carbonyl (C=O) groups excluding carboxylic acids is 1. The van der Waals surface area contributed by atoms with Gasteiger partial charge in [-0.15, -0.1) is 0 Å². The summed E-state index contributed by atoms with van der Waals surface area (Å²) in [5.41, 5.74) is 2.21. The van der Waals surface area contributed by atoms with Crippen LogP contribution in [-0.4, -0.2) is 19.1 Å². The summed E-state index contributed by atoms with van der Waals surface area (Å²) in [6.07, 6.45) is 0. The van der Waals surface area contributed by atoms with E-state index in [1.165, 1.54) is 5.56 Å². The molecule has 1 rings (SSSR count). The Morgan fingerprint density at radius 3 is 2.88 bits per heavy atom. The fourth-order valence-electron chi connectivity index (χ4n) is 1.21. The average Bonchev–Trinajstić information content (AvgIpc) is 2.76. The van der Waals surface area contributed by atoms with Gasteiger partial charge < -0.3 is 10.6 Å². The van der Waals surface area contributed by atoms with Gasteiger partial charge >= 0.3 is 6.03 Å². The number of thiophene rings is 1. The van der Waals surface area contributed by atoms with Crippen LogP contribution < -0.4 is 10.6 Å². The van der Waals surface area contributed by atoms with Gasteiger partial charge in [-0.1, -0.05) is 19.1 Å². The summed E-state index contributed by atoms with van der Waals surface area (Å²) in [6.45, 7) is 8.88. The van der Waals surface area contributed by atoms with Gasteiger partial charge in [-0.3, -0.25) is 0 Å². The first-order valence-corrected chi connectivity index (χ1v) is 6.22. The summed E-state index contributed by atoms with van der Waals surface area (Å²) < 4.78 is 0. The Hall–Kier alpha value is -1.29. The van der Waals surface area contributed by atoms with Crippen molar-refractivity contribution in [1.82, 2.24) is 10.6 Å². The lowest BCUT2D eigenvalue weighted by molar-refractivity contribution is 0.241. The van der Waals surface area contributed by atoms with Crippen molar-refractivity contribution in [2.75, 3.05) is 13.1 Å². The molecule has 0 aliphatic carbocycles. The van der Waals surface area contributed by atoms with Gasteiger partial charge in [0.2, 0.25) is 0 Å². The minimum Gasteiger partial charge on any atom is -0.338 e. The lowest BCUT2D eigenvalue weighted by atomic mass is 10.1. The average molecular weight is 238 g/mol. The summed E-state index contributed by atoms with van der Waals surface area (Å²) in [5.74, 6) is 0.349. The lowest BCUT2D eigenvalue weighted by Crippen LogP contribution is -2.38. The lowest BCUT2D eigenvalue weighted by Gasteiger charge is -2.12. The van der Waals surface area contributed by atoms with Crippen molar-refractivity contribution < 1.29 is 4.79 Å². The molecular formula is C12H18N2OS. The molecule has 2 amide bonds. The van der Waals surface area contributed by atoms with Crippen molar-refractivity contribution in [3.05, 3.63) is 34.5 Å². The van der Waals surface area contributed by atoms with Crippen LogP contribution in [0.1, 0.15) is 25.3 Å². The van der Waals surface area contributed by atoms with Crippen LogP contribution in [0.3, 0.4) is 0 Å². The summed E-state index contributed by atoms with van der Waals surface area (Å²) in [4.78, 5) is 11.4. The predicted molar refractivity (Wildman–Crippen MR) is 68.9 cm³/mol. The van der Waals surface area contributed by atoms with E-state index in [1.54, 1.807) is 11.3 Å². The highest BCUT2D eigenvalue weighted by Gasteiger charge is 2.07. The number of carbonyl (C=O) groups is 1. The molecule has 0 saturated heterocycles. The Morgan fingerprint density at radius 1 is 1.56 bits per heavy atom. The van der Waals surface area contributed by atoms with Crippen LogP contribution in [0.15, 0.2) is 29.0 Å². The molecule has 0 bridgehead atoms. The van der Waals surface area contributed by atoms with Crippen molar-refractivity contribution in [3.8, 4) is 0 Å². The Kier molecular flexibility index (Phi) is 5.05. The number of urea groups is 1. The van der Waals surface area contributed by atoms with E-state index < -0.39 is 0 Å². The van der Waals surface area contributed by atoms with E-state index >= 15 is 0 Å². The number of hydrogen-bond acceptors (Lipinski definition) is 2. The zero-order chi connectivity index (χ0) is 12.0. The molecule has 4 heteroatoms. The Morgan fingerprint density at radius 2 is 2.31 bits per heavy atom. The monoisotopic (exact) mass is 238 g/mol. The normalized spacial score (nSPS) is 11.9. The third-order valence-electron chi connectivity index (χ3n) is 2.23. The van der Waals surface area contributed by atoms with Crippen molar-refractivity contribution in [1.29, 1.82) is 0 Å². The Labute approximate surface area is 101 Å². The first kappa shape index (κ1) is 12.8. The van der Waals surface area contributed by atoms with Crippen LogP contribution in [-0.2, 0) is 0 Å². The molecule has 0 saturated carbocycles. The fraction of sp³-hybridized carbons (Fsp3) is 0.417. The van der Waals surface area contributed by atoms with Crippen molar-refractivity contribution in [2.45, 2.75) is 19.8 Å². The summed E-state index contributed by atoms with van der Waals surface area (Å²) >= 11 is 1.68. The molecule has 0 spiro atoms. The van der Waals surface area contributed by atoms with Gasteiger partial charge in [-0.2, -0.15) is 11.3 Å². The van der Waals surface area contributed by atoms with Crippen molar-refractivity contribution >= 4 is 17.4 Å². The van der Waals surface area contributed by atoms with Crippen LogP contribution in [0.4, 0.5) is 4.79 Å². The topological polar surface area (TPSA) is 41.1 Å². The maximum absolute atomic E-state index is 11.4. The highest BCUT2D eigenvalue weighted by atomic mass is 32.1. The minimum absolute atomic E-state index is 0.134. The number of amides is 2. The Bertz CT molecular complexity index is 346. The zero-order valence-electron chi connectivity index (χ0n) is 9.75. The number of hydrogen-bond donors (Lipinski definition) is 2. The van der Waals surface area contributed by atoms with Crippen LogP contribution >= 0.6 is 11.3 Å². The van der Waals surface area contributed by atoms with Crippen molar-refractivity contribution in [3.63, 3.8) is 0 Å². The van der Waals surface area contributed by atoms with Gasteiger partial charge in [-0.05, 0) is 35.2 Å². The van der Waals surface area contributed by atoms with E-state index in [9.17, 15) is 4.79 Å². The van der Waals surface area contributed by atoms with E-state index in [-0.39, 0.29) is 6.03 Å².